The van der Waals surface area contributed by atoms with Gasteiger partial charge in [0.15, 0.2) is 0 Å². The van der Waals surface area contributed by atoms with Crippen molar-refractivity contribution in [3.8, 4) is 0 Å². The largest absolute Gasteiger partial charge is 0.343 e. The zero-order chi connectivity index (χ0) is 20.4. The molecule has 1 N–H and O–H groups in total. The number of fused-ring (bicyclic) bond motifs is 1. The first-order valence-corrected chi connectivity index (χ1v) is 10.00. The second kappa shape index (κ2) is 8.03. The molecule has 2 aliphatic rings. The normalized spacial score (nSPS) is 21.9. The van der Waals surface area contributed by atoms with Crippen molar-refractivity contribution in [1.29, 1.82) is 0 Å². The van der Waals surface area contributed by atoms with Gasteiger partial charge in [0.05, 0.1) is 17.9 Å². The number of benzene rings is 2. The van der Waals surface area contributed by atoms with Crippen LogP contribution in [0.5, 0.6) is 0 Å². The monoisotopic (exact) mass is 388 g/mol. The second-order valence-electron chi connectivity index (χ2n) is 7.64. The highest BCUT2D eigenvalue weighted by atomic mass is 16.2. The van der Waals surface area contributed by atoms with Crippen molar-refractivity contribution in [3.05, 3.63) is 83.9 Å². The number of imide groups is 1. The summed E-state index contributed by atoms with van der Waals surface area (Å²) >= 11 is 0. The van der Waals surface area contributed by atoms with Gasteiger partial charge in [-0.25, -0.2) is 0 Å². The van der Waals surface area contributed by atoms with E-state index in [1.54, 1.807) is 6.92 Å². The molecule has 3 atom stereocenters. The molecule has 0 aromatic heterocycles. The first-order valence-electron chi connectivity index (χ1n) is 10.00. The number of amides is 3. The van der Waals surface area contributed by atoms with Crippen molar-refractivity contribution in [2.45, 2.75) is 31.8 Å². The van der Waals surface area contributed by atoms with E-state index in [4.69, 9.17) is 0 Å². The predicted octanol–water partition coefficient (Wildman–Crippen LogP) is 3.23. The molecule has 29 heavy (non-hydrogen) atoms. The number of hydrogen-bond donors (Lipinski definition) is 1. The molecule has 4 rings (SSSR count). The number of carbonyl (C=O) groups is 3. The van der Waals surface area contributed by atoms with Crippen molar-refractivity contribution in [2.75, 3.05) is 0 Å². The molecule has 0 radical (unpaired) electrons. The molecule has 0 unspecified atom stereocenters. The van der Waals surface area contributed by atoms with Crippen LogP contribution in [0.1, 0.15) is 36.9 Å². The number of hydrogen-bond acceptors (Lipinski definition) is 3. The third-order valence-corrected chi connectivity index (χ3v) is 5.86. The van der Waals surface area contributed by atoms with Crippen LogP contribution in [0.15, 0.2) is 72.8 Å². The van der Waals surface area contributed by atoms with Crippen LogP contribution in [0, 0.1) is 11.8 Å². The molecule has 1 fully saturated rings. The number of nitrogens with zero attached hydrogens (tertiary/aromatic N) is 1. The van der Waals surface area contributed by atoms with Crippen molar-refractivity contribution < 1.29 is 14.4 Å². The quantitative estimate of drug-likeness (QED) is 0.632. The van der Waals surface area contributed by atoms with E-state index < -0.39 is 6.04 Å². The number of likely N-dealkylation sites (tertiary alicyclic amines) is 1. The lowest BCUT2D eigenvalue weighted by atomic mass is 9.85. The van der Waals surface area contributed by atoms with Crippen LogP contribution in [-0.4, -0.2) is 28.7 Å². The highest BCUT2D eigenvalue weighted by Gasteiger charge is 2.50. The Labute approximate surface area is 170 Å². The molecular weight excluding hydrogens is 364 g/mol. The average molecular weight is 388 g/mol. The third-order valence-electron chi connectivity index (χ3n) is 5.86. The maximum atomic E-state index is 13.1. The Balaban J connectivity index is 1.56. The van der Waals surface area contributed by atoms with E-state index in [-0.39, 0.29) is 35.6 Å². The zero-order valence-corrected chi connectivity index (χ0v) is 16.3. The fraction of sp³-hybridized carbons (Fsp3) is 0.292. The summed E-state index contributed by atoms with van der Waals surface area (Å²) in [4.78, 5) is 39.9. The van der Waals surface area contributed by atoms with E-state index in [1.165, 1.54) is 4.90 Å². The summed E-state index contributed by atoms with van der Waals surface area (Å²) in [6.45, 7) is 1.63. The van der Waals surface area contributed by atoms with Crippen molar-refractivity contribution in [2.24, 2.45) is 11.8 Å². The number of nitrogens with one attached hydrogen (secondary N) is 1. The maximum absolute atomic E-state index is 13.1. The van der Waals surface area contributed by atoms with Crippen LogP contribution in [0.4, 0.5) is 0 Å². The van der Waals surface area contributed by atoms with E-state index in [9.17, 15) is 14.4 Å². The highest BCUT2D eigenvalue weighted by molar-refractivity contribution is 6.08. The Hall–Kier alpha value is -3.21. The molecule has 0 bridgehead atoms. The molecule has 1 saturated heterocycles. The van der Waals surface area contributed by atoms with E-state index >= 15 is 0 Å². The van der Waals surface area contributed by atoms with Crippen LogP contribution in [0.2, 0.25) is 0 Å². The van der Waals surface area contributed by atoms with E-state index in [2.05, 4.69) is 5.32 Å². The van der Waals surface area contributed by atoms with Crippen LogP contribution >= 0.6 is 0 Å². The van der Waals surface area contributed by atoms with Gasteiger partial charge in [-0.15, -0.1) is 0 Å². The lowest BCUT2D eigenvalue weighted by Crippen LogP contribution is -2.49. The summed E-state index contributed by atoms with van der Waals surface area (Å²) in [6, 6.07) is 18.1. The first-order chi connectivity index (χ1) is 14.1. The van der Waals surface area contributed by atoms with Crippen LogP contribution in [-0.2, 0) is 14.4 Å². The predicted molar refractivity (Wildman–Crippen MR) is 110 cm³/mol. The molecule has 2 aromatic rings. The average Bonchev–Trinajstić information content (AvgIpc) is 3.03. The summed E-state index contributed by atoms with van der Waals surface area (Å²) in [6.07, 6.45) is 5.02. The third kappa shape index (κ3) is 3.60. The molecular formula is C24H24N2O3. The summed E-state index contributed by atoms with van der Waals surface area (Å²) in [5.41, 5.74) is 1.88. The van der Waals surface area contributed by atoms with Gasteiger partial charge in [-0.2, -0.15) is 0 Å². The van der Waals surface area contributed by atoms with Crippen LogP contribution in [0.25, 0.3) is 0 Å². The van der Waals surface area contributed by atoms with Crippen molar-refractivity contribution in [3.63, 3.8) is 0 Å². The molecule has 1 aliphatic carbocycles. The zero-order valence-electron chi connectivity index (χ0n) is 16.3. The molecule has 3 amide bonds. The Bertz CT molecular complexity index is 874. The van der Waals surface area contributed by atoms with Gasteiger partial charge >= 0.3 is 0 Å². The maximum Gasteiger partial charge on any atom is 0.243 e. The fourth-order valence-corrected chi connectivity index (χ4v) is 4.24. The van der Waals surface area contributed by atoms with Crippen molar-refractivity contribution >= 4 is 17.7 Å². The highest BCUT2D eigenvalue weighted by Crippen LogP contribution is 2.36. The molecule has 1 aliphatic heterocycles. The van der Waals surface area contributed by atoms with Gasteiger partial charge < -0.3 is 5.32 Å². The van der Waals surface area contributed by atoms with Gasteiger partial charge in [0, 0.05) is 0 Å². The molecule has 2 aromatic carbocycles. The number of rotatable bonds is 5. The second-order valence-corrected chi connectivity index (χ2v) is 7.64. The standard InChI is InChI=1S/C24H24N2O3/c1-16(26-23(28)19-14-8-9-15-20(19)24(26)29)22(27)25-21(17-10-4-2-5-11-17)18-12-6-3-7-13-18/h2-13,16,19-21H,14-15H2,1H3,(H,25,27)/t16-,19-,20+/m1/s1. The summed E-state index contributed by atoms with van der Waals surface area (Å²) in [5.74, 6) is -1.47. The van der Waals surface area contributed by atoms with Gasteiger partial charge in [-0.3, -0.25) is 19.3 Å². The Kier molecular flexibility index (Phi) is 5.30. The van der Waals surface area contributed by atoms with E-state index in [0.29, 0.717) is 12.8 Å². The molecule has 5 nitrogen and oxygen atoms in total. The van der Waals surface area contributed by atoms with Gasteiger partial charge in [0.1, 0.15) is 6.04 Å². The van der Waals surface area contributed by atoms with Gasteiger partial charge in [0.2, 0.25) is 17.7 Å². The van der Waals surface area contributed by atoms with E-state index in [0.717, 1.165) is 11.1 Å². The molecule has 5 heteroatoms. The van der Waals surface area contributed by atoms with Gasteiger partial charge in [0.25, 0.3) is 0 Å². The lowest BCUT2D eigenvalue weighted by Gasteiger charge is -2.26. The molecule has 0 spiro atoms. The topological polar surface area (TPSA) is 66.5 Å². The number of carbonyl (C=O) groups excluding carboxylic acids is 3. The smallest absolute Gasteiger partial charge is 0.243 e. The summed E-state index contributed by atoms with van der Waals surface area (Å²) in [7, 11) is 0. The molecule has 1 heterocycles. The van der Waals surface area contributed by atoms with Gasteiger partial charge in [-0.1, -0.05) is 72.8 Å². The SMILES string of the molecule is C[C@H](C(=O)NC(c1ccccc1)c1ccccc1)N1C(=O)[C@H]2CC=CC[C@H]2C1=O. The fourth-order valence-electron chi connectivity index (χ4n) is 4.24. The minimum absolute atomic E-state index is 0.233. The molecule has 148 valence electrons. The van der Waals surface area contributed by atoms with E-state index in [1.807, 2.05) is 72.8 Å². The Morgan fingerprint density at radius 3 is 1.76 bits per heavy atom. The number of allylic oxidation sites excluding steroid dienone is 2. The van der Waals surface area contributed by atoms with Crippen LogP contribution < -0.4 is 5.32 Å². The van der Waals surface area contributed by atoms with Crippen LogP contribution in [0.3, 0.4) is 0 Å². The summed E-state index contributed by atoms with van der Waals surface area (Å²) in [5, 5.41) is 3.05. The minimum Gasteiger partial charge on any atom is -0.343 e. The lowest BCUT2D eigenvalue weighted by molar-refractivity contribution is -0.147. The van der Waals surface area contributed by atoms with Crippen molar-refractivity contribution in [1.82, 2.24) is 10.2 Å². The minimum atomic E-state index is -0.851. The Morgan fingerprint density at radius 1 is 0.862 bits per heavy atom. The summed E-state index contributed by atoms with van der Waals surface area (Å²) < 4.78 is 0. The van der Waals surface area contributed by atoms with Gasteiger partial charge in [-0.05, 0) is 30.9 Å². The molecule has 0 saturated carbocycles. The first kappa shape index (κ1) is 19.1. The Morgan fingerprint density at radius 2 is 1.31 bits per heavy atom.